The molecule has 6 heteroatoms. The summed E-state index contributed by atoms with van der Waals surface area (Å²) in [6, 6.07) is 5.21. The minimum absolute atomic E-state index is 0.0210. The van der Waals surface area contributed by atoms with Crippen LogP contribution in [0, 0.1) is 10.1 Å². The molecular formula is C15H22ClN3O2. The molecule has 0 aliphatic carbocycles. The number of hydrogen-bond acceptors (Lipinski definition) is 4. The van der Waals surface area contributed by atoms with Gasteiger partial charge in [-0.2, -0.15) is 0 Å². The number of anilines is 1. The van der Waals surface area contributed by atoms with Crippen LogP contribution in [0.25, 0.3) is 0 Å². The summed E-state index contributed by atoms with van der Waals surface area (Å²) in [7, 11) is 0. The van der Waals surface area contributed by atoms with E-state index < -0.39 is 4.92 Å². The third kappa shape index (κ3) is 4.58. The van der Waals surface area contributed by atoms with Crippen LogP contribution in [-0.2, 0) is 0 Å². The summed E-state index contributed by atoms with van der Waals surface area (Å²) in [5.74, 6) is 0. The maximum absolute atomic E-state index is 10.7. The second-order valence-electron chi connectivity index (χ2n) is 5.58. The summed E-state index contributed by atoms with van der Waals surface area (Å²) in [6.45, 7) is 5.39. The molecule has 1 aromatic rings. The zero-order chi connectivity index (χ0) is 15.2. The van der Waals surface area contributed by atoms with E-state index in [4.69, 9.17) is 11.6 Å². The van der Waals surface area contributed by atoms with Gasteiger partial charge in [-0.25, -0.2) is 0 Å². The fraction of sp³-hybridized carbons (Fsp3) is 0.600. The number of piperidine rings is 1. The highest BCUT2D eigenvalue weighted by Gasteiger charge is 2.17. The van der Waals surface area contributed by atoms with E-state index >= 15 is 0 Å². The van der Waals surface area contributed by atoms with Crippen LogP contribution in [0.1, 0.15) is 32.6 Å². The van der Waals surface area contributed by atoms with Crippen molar-refractivity contribution >= 4 is 23.0 Å². The molecule has 1 aromatic carbocycles. The smallest absolute Gasteiger partial charge is 0.271 e. The van der Waals surface area contributed by atoms with Crippen LogP contribution in [0.4, 0.5) is 11.4 Å². The molecule has 0 saturated carbocycles. The van der Waals surface area contributed by atoms with Gasteiger partial charge in [0.25, 0.3) is 5.69 Å². The first-order chi connectivity index (χ1) is 10.1. The number of benzene rings is 1. The normalized spacial score (nSPS) is 19.4. The minimum Gasteiger partial charge on any atom is -0.384 e. The van der Waals surface area contributed by atoms with Crippen LogP contribution in [0.2, 0.25) is 5.02 Å². The first kappa shape index (κ1) is 16.0. The highest BCUT2D eigenvalue weighted by molar-refractivity contribution is 6.33. The van der Waals surface area contributed by atoms with Crippen LogP contribution >= 0.6 is 11.6 Å². The van der Waals surface area contributed by atoms with E-state index in [1.807, 2.05) is 0 Å². The Morgan fingerprint density at radius 2 is 2.29 bits per heavy atom. The summed E-state index contributed by atoms with van der Waals surface area (Å²) < 4.78 is 0. The second-order valence-corrected chi connectivity index (χ2v) is 5.99. The molecule has 0 spiro atoms. The average Bonchev–Trinajstić information content (AvgIpc) is 2.46. The molecule has 5 nitrogen and oxygen atoms in total. The molecule has 1 unspecified atom stereocenters. The van der Waals surface area contributed by atoms with Gasteiger partial charge in [0.05, 0.1) is 15.6 Å². The number of nitrogens with zero attached hydrogens (tertiary/aromatic N) is 2. The molecule has 0 amide bonds. The van der Waals surface area contributed by atoms with Crippen molar-refractivity contribution in [2.75, 3.05) is 25.0 Å². The second kappa shape index (κ2) is 7.61. The fourth-order valence-electron chi connectivity index (χ4n) is 2.76. The zero-order valence-corrected chi connectivity index (χ0v) is 13.1. The van der Waals surface area contributed by atoms with Crippen molar-refractivity contribution in [2.45, 2.75) is 38.6 Å². The molecule has 1 fully saturated rings. The standard InChI is InChI=1S/C15H22ClN3O2/c1-12-5-2-3-9-18(12)10-4-8-17-15-7-6-13(19(20)21)11-14(15)16/h6-7,11-12,17H,2-5,8-10H2,1H3. The van der Waals surface area contributed by atoms with Crippen molar-refractivity contribution in [1.29, 1.82) is 0 Å². The van der Waals surface area contributed by atoms with E-state index in [1.54, 1.807) is 6.07 Å². The van der Waals surface area contributed by atoms with Crippen LogP contribution < -0.4 is 5.32 Å². The number of non-ortho nitro benzene ring substituents is 1. The maximum Gasteiger partial charge on any atom is 0.271 e. The third-order valence-corrected chi connectivity index (χ3v) is 4.35. The molecule has 1 aliphatic heterocycles. The minimum atomic E-state index is -0.437. The lowest BCUT2D eigenvalue weighted by molar-refractivity contribution is -0.384. The van der Waals surface area contributed by atoms with Crippen molar-refractivity contribution in [3.63, 3.8) is 0 Å². The highest BCUT2D eigenvalue weighted by Crippen LogP contribution is 2.26. The average molecular weight is 312 g/mol. The Labute approximate surface area is 130 Å². The number of hydrogen-bond donors (Lipinski definition) is 1. The number of halogens is 1. The zero-order valence-electron chi connectivity index (χ0n) is 12.3. The van der Waals surface area contributed by atoms with Crippen molar-refractivity contribution in [3.8, 4) is 0 Å². The molecule has 0 radical (unpaired) electrons. The number of likely N-dealkylation sites (tertiary alicyclic amines) is 1. The van der Waals surface area contributed by atoms with Gasteiger partial charge in [-0.15, -0.1) is 0 Å². The molecule has 116 valence electrons. The van der Waals surface area contributed by atoms with Gasteiger partial charge < -0.3 is 10.2 Å². The number of nitro groups is 1. The quantitative estimate of drug-likeness (QED) is 0.491. The Bertz CT molecular complexity index is 496. The van der Waals surface area contributed by atoms with E-state index in [0.29, 0.717) is 11.1 Å². The molecule has 1 aliphatic rings. The van der Waals surface area contributed by atoms with Gasteiger partial charge in [0.1, 0.15) is 0 Å². The lowest BCUT2D eigenvalue weighted by Gasteiger charge is -2.33. The van der Waals surface area contributed by atoms with Gasteiger partial charge in [0.15, 0.2) is 0 Å². The van der Waals surface area contributed by atoms with Gasteiger partial charge in [0, 0.05) is 31.3 Å². The largest absolute Gasteiger partial charge is 0.384 e. The molecule has 1 saturated heterocycles. The van der Waals surface area contributed by atoms with E-state index in [0.717, 1.165) is 25.2 Å². The van der Waals surface area contributed by atoms with Gasteiger partial charge >= 0.3 is 0 Å². The van der Waals surface area contributed by atoms with Crippen molar-refractivity contribution in [1.82, 2.24) is 4.90 Å². The Morgan fingerprint density at radius 1 is 1.48 bits per heavy atom. The van der Waals surface area contributed by atoms with Crippen LogP contribution in [-0.4, -0.2) is 35.5 Å². The number of nitro benzene ring substituents is 1. The van der Waals surface area contributed by atoms with Crippen LogP contribution in [0.3, 0.4) is 0 Å². The summed E-state index contributed by atoms with van der Waals surface area (Å²) in [5, 5.41) is 14.3. The van der Waals surface area contributed by atoms with Crippen LogP contribution in [0.15, 0.2) is 18.2 Å². The monoisotopic (exact) mass is 311 g/mol. The molecule has 1 atom stereocenters. The lowest BCUT2D eigenvalue weighted by Crippen LogP contribution is -2.38. The first-order valence-corrected chi connectivity index (χ1v) is 7.87. The summed E-state index contributed by atoms with van der Waals surface area (Å²) >= 11 is 6.05. The number of nitrogens with one attached hydrogen (secondary N) is 1. The van der Waals surface area contributed by atoms with Gasteiger partial charge in [-0.05, 0) is 38.8 Å². The molecule has 2 rings (SSSR count). The van der Waals surface area contributed by atoms with E-state index in [1.165, 1.54) is 37.9 Å². The number of rotatable bonds is 6. The Kier molecular flexibility index (Phi) is 5.82. The molecule has 1 heterocycles. The Morgan fingerprint density at radius 3 is 2.95 bits per heavy atom. The molecule has 0 bridgehead atoms. The fourth-order valence-corrected chi connectivity index (χ4v) is 3.00. The Hall–Kier alpha value is -1.33. The summed E-state index contributed by atoms with van der Waals surface area (Å²) in [6.07, 6.45) is 4.97. The first-order valence-electron chi connectivity index (χ1n) is 7.50. The predicted molar refractivity (Wildman–Crippen MR) is 86.1 cm³/mol. The van der Waals surface area contributed by atoms with Gasteiger partial charge in [-0.3, -0.25) is 10.1 Å². The maximum atomic E-state index is 10.7. The SMILES string of the molecule is CC1CCCCN1CCCNc1ccc([N+](=O)[O-])cc1Cl. The summed E-state index contributed by atoms with van der Waals surface area (Å²) in [5.41, 5.74) is 0.779. The van der Waals surface area contributed by atoms with E-state index in [9.17, 15) is 10.1 Å². The summed E-state index contributed by atoms with van der Waals surface area (Å²) in [4.78, 5) is 12.7. The van der Waals surface area contributed by atoms with Crippen molar-refractivity contribution in [3.05, 3.63) is 33.3 Å². The molecule has 1 N–H and O–H groups in total. The van der Waals surface area contributed by atoms with Crippen LogP contribution in [0.5, 0.6) is 0 Å². The molecule has 0 aromatic heterocycles. The van der Waals surface area contributed by atoms with Crippen molar-refractivity contribution < 1.29 is 4.92 Å². The van der Waals surface area contributed by atoms with Gasteiger partial charge in [-0.1, -0.05) is 18.0 Å². The predicted octanol–water partition coefficient (Wildman–Crippen LogP) is 3.92. The van der Waals surface area contributed by atoms with E-state index in [-0.39, 0.29) is 5.69 Å². The van der Waals surface area contributed by atoms with Gasteiger partial charge in [0.2, 0.25) is 0 Å². The van der Waals surface area contributed by atoms with E-state index in [2.05, 4.69) is 17.1 Å². The highest BCUT2D eigenvalue weighted by atomic mass is 35.5. The topological polar surface area (TPSA) is 58.4 Å². The van der Waals surface area contributed by atoms with Crippen molar-refractivity contribution in [2.24, 2.45) is 0 Å². The molecule has 21 heavy (non-hydrogen) atoms. The third-order valence-electron chi connectivity index (χ3n) is 4.04. The Balaban J connectivity index is 1.77. The molecular weight excluding hydrogens is 290 g/mol. The lowest BCUT2D eigenvalue weighted by atomic mass is 10.0.